The number of nitrogens with one attached hydrogen (secondary N) is 1. The molecule has 7 rings (SSSR count). The van der Waals surface area contributed by atoms with Crippen molar-refractivity contribution in [3.63, 3.8) is 0 Å². The Morgan fingerprint density at radius 1 is 1.03 bits per heavy atom. The number of aliphatic hydroxyl groups excluding tert-OH is 2. The van der Waals surface area contributed by atoms with Crippen LogP contribution in [-0.2, 0) is 37.7 Å². The largest absolute Gasteiger partial charge is 0.497 e. The van der Waals surface area contributed by atoms with Crippen molar-refractivity contribution in [3.8, 4) is 11.5 Å². The van der Waals surface area contributed by atoms with Gasteiger partial charge in [0.15, 0.2) is 5.60 Å². The summed E-state index contributed by atoms with van der Waals surface area (Å²) < 4.78 is 34.7. The van der Waals surface area contributed by atoms with Crippen molar-refractivity contribution in [2.24, 2.45) is 5.92 Å². The van der Waals surface area contributed by atoms with Crippen LogP contribution in [0.5, 0.6) is 11.5 Å². The first-order valence-electron chi connectivity index (χ1n) is 20.7. The summed E-state index contributed by atoms with van der Waals surface area (Å²) in [5.41, 5.74) is 2.27. The maximum atomic E-state index is 16.5. The van der Waals surface area contributed by atoms with Crippen molar-refractivity contribution in [3.05, 3.63) is 77.4 Å². The summed E-state index contributed by atoms with van der Waals surface area (Å²) in [5, 5.41) is 22.6. The lowest BCUT2D eigenvalue weighted by Gasteiger charge is -2.35. The van der Waals surface area contributed by atoms with Crippen LogP contribution in [0.15, 0.2) is 60.7 Å². The Morgan fingerprint density at radius 2 is 1.78 bits per heavy atom. The van der Waals surface area contributed by atoms with E-state index >= 15 is 8.90 Å². The minimum atomic E-state index is -3.52. The number of hydrogen-bond donors (Lipinski definition) is 3. The second kappa shape index (κ2) is 17.1. The number of carbonyl (C=O) groups is 3. The monoisotopic (exact) mass is 816 g/mol. The summed E-state index contributed by atoms with van der Waals surface area (Å²) >= 11 is 0. The SMILES string of the molecule is CCOc1ccc2c(c1)CC(NCCCCO)C(=O)N2c1ccc(CN2C(=O)[C@]3(O[C@H](CC(=O)N4CCC[C@H]4CO)[C@@H]([Si](C)(C)F)[C@@H]3C)c3cc(OC)ccc32)cc1. The Kier molecular flexibility index (Phi) is 12.3. The Labute approximate surface area is 341 Å². The predicted octanol–water partition coefficient (Wildman–Crippen LogP) is 5.74. The van der Waals surface area contributed by atoms with Crippen molar-refractivity contribution in [2.75, 3.05) is 49.8 Å². The zero-order valence-corrected chi connectivity index (χ0v) is 35.2. The predicted molar refractivity (Wildman–Crippen MR) is 222 cm³/mol. The van der Waals surface area contributed by atoms with E-state index in [4.69, 9.17) is 14.2 Å². The lowest BCUT2D eigenvalue weighted by molar-refractivity contribution is -0.150. The first-order chi connectivity index (χ1) is 27.9. The van der Waals surface area contributed by atoms with E-state index in [1.54, 1.807) is 47.0 Å². The lowest BCUT2D eigenvalue weighted by atomic mass is 9.82. The second-order valence-electron chi connectivity index (χ2n) is 16.5. The van der Waals surface area contributed by atoms with E-state index in [0.29, 0.717) is 61.6 Å². The van der Waals surface area contributed by atoms with Gasteiger partial charge in [0.25, 0.3) is 5.91 Å². The number of halogens is 1. The van der Waals surface area contributed by atoms with E-state index in [0.717, 1.165) is 35.4 Å². The van der Waals surface area contributed by atoms with Gasteiger partial charge < -0.3 is 43.6 Å². The third-order valence-electron chi connectivity index (χ3n) is 12.5. The number of methoxy groups -OCH3 is 1. The molecule has 0 radical (unpaired) electrons. The number of nitrogens with zero attached hydrogens (tertiary/aromatic N) is 3. The van der Waals surface area contributed by atoms with Crippen LogP contribution in [0.25, 0.3) is 0 Å². The van der Waals surface area contributed by atoms with Crippen LogP contribution in [0.4, 0.5) is 21.2 Å². The van der Waals surface area contributed by atoms with Crippen LogP contribution in [-0.4, -0.2) is 99.4 Å². The quantitative estimate of drug-likeness (QED) is 0.0996. The van der Waals surface area contributed by atoms with Gasteiger partial charge in [0.1, 0.15) is 11.5 Å². The number of unbranched alkanes of at least 4 members (excludes halogenated alkanes) is 1. The van der Waals surface area contributed by atoms with Crippen LogP contribution in [0.3, 0.4) is 0 Å². The molecule has 0 aromatic heterocycles. The van der Waals surface area contributed by atoms with E-state index in [9.17, 15) is 19.8 Å². The van der Waals surface area contributed by atoms with Gasteiger partial charge in [0.05, 0.1) is 62.9 Å². The van der Waals surface area contributed by atoms with Crippen molar-refractivity contribution in [1.29, 1.82) is 0 Å². The van der Waals surface area contributed by atoms with Gasteiger partial charge in [0.2, 0.25) is 20.2 Å². The molecule has 3 N–H and O–H groups in total. The fraction of sp³-hybridized carbons (Fsp3) is 0.523. The Morgan fingerprint density at radius 3 is 2.47 bits per heavy atom. The fourth-order valence-corrected chi connectivity index (χ4v) is 12.3. The second-order valence-corrected chi connectivity index (χ2v) is 20.3. The molecule has 4 aliphatic heterocycles. The highest BCUT2D eigenvalue weighted by atomic mass is 28.4. The topological polar surface area (TPSA) is 141 Å². The van der Waals surface area contributed by atoms with Gasteiger partial charge in [-0.2, -0.15) is 0 Å². The van der Waals surface area contributed by atoms with E-state index in [2.05, 4.69) is 5.32 Å². The van der Waals surface area contributed by atoms with Crippen molar-refractivity contribution < 1.29 is 42.9 Å². The number of aliphatic hydroxyl groups is 2. The molecule has 3 aromatic rings. The third-order valence-corrected chi connectivity index (χ3v) is 15.0. The molecule has 4 aliphatic rings. The van der Waals surface area contributed by atoms with Gasteiger partial charge >= 0.3 is 0 Å². The maximum Gasteiger partial charge on any atom is 0.264 e. The summed E-state index contributed by atoms with van der Waals surface area (Å²) in [4.78, 5) is 47.9. The van der Waals surface area contributed by atoms with Crippen molar-refractivity contribution >= 4 is 43.2 Å². The molecule has 1 spiro atoms. The van der Waals surface area contributed by atoms with Crippen molar-refractivity contribution in [1.82, 2.24) is 10.2 Å². The van der Waals surface area contributed by atoms with Gasteiger partial charge in [0, 0.05) is 35.9 Å². The van der Waals surface area contributed by atoms with E-state index in [-0.39, 0.29) is 49.9 Å². The highest BCUT2D eigenvalue weighted by molar-refractivity contribution is 6.72. The Bertz CT molecular complexity index is 1990. The summed E-state index contributed by atoms with van der Waals surface area (Å²) in [5.74, 6) is 0.0769. The van der Waals surface area contributed by atoms with Gasteiger partial charge in [-0.05, 0) is 118 Å². The number of amides is 3. The summed E-state index contributed by atoms with van der Waals surface area (Å²) in [6, 6.07) is 18.0. The molecule has 0 saturated carbocycles. The molecular formula is C44H57FN4O8Si. The summed E-state index contributed by atoms with van der Waals surface area (Å²) in [6.07, 6.45) is 2.49. The number of ether oxygens (including phenoxy) is 3. The molecule has 3 aromatic carbocycles. The normalized spacial score (nSPS) is 25.4. The minimum absolute atomic E-state index is 0.0774. The number of fused-ring (bicyclic) bond motifs is 3. The third kappa shape index (κ3) is 7.65. The van der Waals surface area contributed by atoms with Crippen LogP contribution in [0.1, 0.15) is 62.6 Å². The smallest absolute Gasteiger partial charge is 0.264 e. The number of benzene rings is 3. The molecule has 14 heteroatoms. The maximum absolute atomic E-state index is 16.5. The van der Waals surface area contributed by atoms with Gasteiger partial charge in [-0.15, -0.1) is 0 Å². The zero-order chi connectivity index (χ0) is 41.4. The number of carbonyl (C=O) groups excluding carboxylic acids is 3. The molecule has 0 aliphatic carbocycles. The fourth-order valence-electron chi connectivity index (χ4n) is 9.81. The molecule has 2 saturated heterocycles. The highest BCUT2D eigenvalue weighted by Crippen LogP contribution is 2.61. The standard InChI is InChI=1S/C44H57FN4O8Si/c1-6-56-34-16-17-37-30(22-34)23-36(46-19-7-8-21-50)42(53)49(37)31-13-11-29(12-14-31)26-48-38-18-15-33(55-3)24-35(38)44(43(48)54)28(2)41(58(4,5)45)39(57-44)25-40(52)47-20-9-10-32(47)27-51/h11-18,22,24,28,32,36,39,41,46,50-51H,6-10,19-21,23,25-27H2,1-5H3/t28-,32-,36?,39+,41-,44+/m0/s1. The summed E-state index contributed by atoms with van der Waals surface area (Å²) in [6.45, 7) is 8.83. The van der Waals surface area contributed by atoms with Gasteiger partial charge in [-0.3, -0.25) is 19.3 Å². The molecule has 1 unspecified atom stereocenters. The molecule has 0 bridgehead atoms. The number of rotatable bonds is 15. The number of likely N-dealkylation sites (tertiary alicyclic amines) is 1. The van der Waals surface area contributed by atoms with Crippen molar-refractivity contribution in [2.45, 2.75) is 101 Å². The van der Waals surface area contributed by atoms with E-state index in [1.165, 1.54) is 0 Å². The minimum Gasteiger partial charge on any atom is -0.497 e. The van der Waals surface area contributed by atoms with Crippen LogP contribution in [0.2, 0.25) is 18.6 Å². The molecule has 6 atom stereocenters. The molecule has 3 amide bonds. The summed E-state index contributed by atoms with van der Waals surface area (Å²) in [7, 11) is -1.97. The van der Waals surface area contributed by atoms with Crippen LogP contribution >= 0.6 is 0 Å². The first kappa shape index (κ1) is 41.8. The highest BCUT2D eigenvalue weighted by Gasteiger charge is 2.67. The number of anilines is 3. The van der Waals surface area contributed by atoms with Gasteiger partial charge in [-0.25, -0.2) is 0 Å². The first-order valence-corrected chi connectivity index (χ1v) is 23.6. The Balaban J connectivity index is 1.18. The molecule has 4 heterocycles. The van der Waals surface area contributed by atoms with Gasteiger partial charge in [-0.1, -0.05) is 19.1 Å². The van der Waals surface area contributed by atoms with Crippen LogP contribution in [0, 0.1) is 5.92 Å². The zero-order valence-electron chi connectivity index (χ0n) is 34.2. The number of hydrogen-bond acceptors (Lipinski definition) is 9. The average molecular weight is 817 g/mol. The molecule has 58 heavy (non-hydrogen) atoms. The molecule has 2 fully saturated rings. The van der Waals surface area contributed by atoms with Crippen LogP contribution < -0.4 is 24.6 Å². The van der Waals surface area contributed by atoms with E-state index in [1.807, 2.05) is 62.4 Å². The molecule has 312 valence electrons. The molecular weight excluding hydrogens is 760 g/mol. The lowest BCUT2D eigenvalue weighted by Crippen LogP contribution is -2.49. The Hall–Kier alpha value is -4.34. The molecule has 12 nitrogen and oxygen atoms in total. The van der Waals surface area contributed by atoms with E-state index < -0.39 is 37.6 Å². The average Bonchev–Trinajstić information content (AvgIpc) is 3.87.